The van der Waals surface area contributed by atoms with Gasteiger partial charge in [0, 0.05) is 17.3 Å². The molecule has 6 nitrogen and oxygen atoms in total. The zero-order valence-electron chi connectivity index (χ0n) is 17.9. The van der Waals surface area contributed by atoms with E-state index in [9.17, 15) is 19.1 Å². The van der Waals surface area contributed by atoms with Crippen molar-refractivity contribution >= 4 is 51.1 Å². The van der Waals surface area contributed by atoms with Crippen molar-refractivity contribution in [3.8, 4) is 0 Å². The second kappa shape index (κ2) is 8.93. The number of carbonyl (C=O) groups excluding carboxylic acids is 2. The highest BCUT2D eigenvalue weighted by molar-refractivity contribution is 9.10. The average molecular weight is 535 g/mol. The zero-order valence-corrected chi connectivity index (χ0v) is 20.2. The lowest BCUT2D eigenvalue weighted by Crippen LogP contribution is -2.60. The van der Waals surface area contributed by atoms with E-state index in [4.69, 9.17) is 11.6 Å². The molecule has 0 bridgehead atoms. The molecule has 2 heterocycles. The van der Waals surface area contributed by atoms with Crippen LogP contribution >= 0.6 is 27.5 Å². The molecular weight excluding hydrogens is 513 g/mol. The molecule has 2 aromatic carbocycles. The molecule has 2 aliphatic rings. The van der Waals surface area contributed by atoms with Crippen molar-refractivity contribution in [1.82, 2.24) is 10.0 Å². The number of benzene rings is 2. The van der Waals surface area contributed by atoms with Crippen LogP contribution in [-0.4, -0.2) is 39.0 Å². The van der Waals surface area contributed by atoms with Gasteiger partial charge in [0.05, 0.1) is 16.6 Å². The number of rotatable bonds is 5. The van der Waals surface area contributed by atoms with Crippen molar-refractivity contribution in [1.29, 1.82) is 0 Å². The number of hydrogen-bond donors (Lipinski definition) is 2. The lowest BCUT2D eigenvalue weighted by molar-refractivity contribution is -0.160. The number of hydrogen-bond acceptors (Lipinski definition) is 4. The van der Waals surface area contributed by atoms with Gasteiger partial charge < -0.3 is 10.4 Å². The predicted molar refractivity (Wildman–Crippen MR) is 129 cm³/mol. The first kappa shape index (κ1) is 23.5. The number of amides is 2. The maximum Gasteiger partial charge on any atom is 0.277 e. The lowest BCUT2D eigenvalue weighted by atomic mass is 9.90. The van der Waals surface area contributed by atoms with E-state index in [0.717, 1.165) is 18.1 Å². The van der Waals surface area contributed by atoms with Crippen LogP contribution in [0.5, 0.6) is 0 Å². The highest BCUT2D eigenvalue weighted by Crippen LogP contribution is 2.42. The smallest absolute Gasteiger partial charge is 0.277 e. The molecule has 33 heavy (non-hydrogen) atoms. The fourth-order valence-electron chi connectivity index (χ4n) is 4.38. The summed E-state index contributed by atoms with van der Waals surface area (Å²) < 4.78 is 14.5. The van der Waals surface area contributed by atoms with E-state index in [1.54, 1.807) is 30.1 Å². The molecule has 1 atom stereocenters. The Morgan fingerprint density at radius 3 is 2.85 bits per heavy atom. The maximum absolute atomic E-state index is 14.2. The predicted octanol–water partition coefficient (Wildman–Crippen LogP) is 5.45. The summed E-state index contributed by atoms with van der Waals surface area (Å²) in [5, 5.41) is 17.4. The summed E-state index contributed by atoms with van der Waals surface area (Å²) in [6, 6.07) is 9.77. The van der Waals surface area contributed by atoms with Gasteiger partial charge in [-0.15, -0.1) is 0 Å². The largest absolute Gasteiger partial charge is 0.509 e. The number of nitrogens with zero attached hydrogens (tertiary/aromatic N) is 2. The Hall–Kier alpha value is -2.68. The summed E-state index contributed by atoms with van der Waals surface area (Å²) in [6.45, 7) is 6.18. The number of nitrogens with one attached hydrogen (secondary N) is 1. The van der Waals surface area contributed by atoms with Gasteiger partial charge in [-0.05, 0) is 71.1 Å². The van der Waals surface area contributed by atoms with Crippen molar-refractivity contribution < 1.29 is 19.1 Å². The minimum Gasteiger partial charge on any atom is -0.509 e. The Labute approximate surface area is 204 Å². The number of fused-ring (bicyclic) bond motifs is 1. The molecule has 9 heteroatoms. The highest BCUT2D eigenvalue weighted by atomic mass is 79.9. The van der Waals surface area contributed by atoms with Crippen LogP contribution in [0.4, 0.5) is 10.1 Å². The van der Waals surface area contributed by atoms with E-state index in [1.807, 2.05) is 6.07 Å². The molecule has 0 aromatic heterocycles. The van der Waals surface area contributed by atoms with Gasteiger partial charge in [0.2, 0.25) is 0 Å². The molecule has 172 valence electrons. The number of halogens is 3. The molecule has 0 saturated carbocycles. The second-order valence-corrected chi connectivity index (χ2v) is 9.47. The van der Waals surface area contributed by atoms with Crippen LogP contribution in [0.25, 0.3) is 6.08 Å². The molecule has 0 spiro atoms. The third kappa shape index (κ3) is 4.18. The first-order valence-corrected chi connectivity index (χ1v) is 11.5. The first-order chi connectivity index (χ1) is 15.7. The number of aliphatic hydroxyl groups excluding tert-OH is 1. The molecule has 0 aliphatic carbocycles. The molecule has 1 fully saturated rings. The SMILES string of the molecule is C=Cc1cc(NC(=O)C2=C(O)C3(C)CCCN3N(Cc3cccc(Cl)c3)C2=O)cc(F)c1Br. The number of hydrazine groups is 1. The lowest BCUT2D eigenvalue weighted by Gasteiger charge is -2.46. The second-order valence-electron chi connectivity index (χ2n) is 8.24. The molecule has 2 aliphatic heterocycles. The Bertz CT molecular complexity index is 1200. The van der Waals surface area contributed by atoms with Crippen LogP contribution in [0.2, 0.25) is 5.02 Å². The summed E-state index contributed by atoms with van der Waals surface area (Å²) in [5.74, 6) is -2.32. The van der Waals surface area contributed by atoms with Crippen molar-refractivity contribution in [3.63, 3.8) is 0 Å². The Kier molecular flexibility index (Phi) is 6.35. The monoisotopic (exact) mass is 533 g/mol. The van der Waals surface area contributed by atoms with E-state index in [1.165, 1.54) is 17.2 Å². The van der Waals surface area contributed by atoms with Gasteiger partial charge in [0.1, 0.15) is 17.1 Å². The van der Waals surface area contributed by atoms with E-state index >= 15 is 0 Å². The minimum absolute atomic E-state index is 0.143. The number of aliphatic hydroxyl groups is 1. The van der Waals surface area contributed by atoms with Crippen LogP contribution in [0.3, 0.4) is 0 Å². The van der Waals surface area contributed by atoms with Crippen LogP contribution in [0, 0.1) is 5.82 Å². The minimum atomic E-state index is -0.906. The third-order valence-corrected chi connectivity index (χ3v) is 7.14. The van der Waals surface area contributed by atoms with E-state index in [2.05, 4.69) is 27.8 Å². The van der Waals surface area contributed by atoms with Crippen molar-refractivity contribution in [2.24, 2.45) is 0 Å². The summed E-state index contributed by atoms with van der Waals surface area (Å²) in [5.41, 5.74) is 0.105. The average Bonchev–Trinajstić information content (AvgIpc) is 3.17. The Balaban J connectivity index is 1.70. The Morgan fingerprint density at radius 1 is 1.39 bits per heavy atom. The van der Waals surface area contributed by atoms with Gasteiger partial charge in [-0.1, -0.05) is 36.4 Å². The normalized spacial score (nSPS) is 20.7. The highest BCUT2D eigenvalue weighted by Gasteiger charge is 2.52. The van der Waals surface area contributed by atoms with Gasteiger partial charge in [0.25, 0.3) is 11.8 Å². The van der Waals surface area contributed by atoms with E-state index < -0.39 is 23.2 Å². The van der Waals surface area contributed by atoms with Crippen LogP contribution < -0.4 is 5.32 Å². The van der Waals surface area contributed by atoms with Gasteiger partial charge in [-0.2, -0.15) is 0 Å². The maximum atomic E-state index is 14.2. The molecule has 4 rings (SSSR count). The molecular formula is C24H22BrClFN3O3. The van der Waals surface area contributed by atoms with Crippen molar-refractivity contribution in [2.75, 3.05) is 11.9 Å². The topological polar surface area (TPSA) is 72.9 Å². The molecule has 2 aromatic rings. The standard InChI is InChI=1S/C24H22BrClFN3O3/c1-3-15-11-17(12-18(27)20(15)25)28-22(32)19-21(31)24(2)8-5-9-30(24)29(23(19)33)13-14-6-4-7-16(26)10-14/h3-4,6-7,10-12,31H,1,5,8-9,13H2,2H3,(H,28,32). The quantitative estimate of drug-likeness (QED) is 0.501. The fraction of sp³-hybridized carbons (Fsp3) is 0.250. The van der Waals surface area contributed by atoms with Crippen molar-refractivity contribution in [2.45, 2.75) is 31.8 Å². The van der Waals surface area contributed by atoms with E-state index in [0.29, 0.717) is 23.6 Å². The van der Waals surface area contributed by atoms with Gasteiger partial charge >= 0.3 is 0 Å². The van der Waals surface area contributed by atoms with Crippen LogP contribution in [-0.2, 0) is 16.1 Å². The summed E-state index contributed by atoms with van der Waals surface area (Å²) in [6.07, 6.45) is 2.76. The third-order valence-electron chi connectivity index (χ3n) is 6.07. The van der Waals surface area contributed by atoms with Gasteiger partial charge in [-0.25, -0.2) is 9.40 Å². The Morgan fingerprint density at radius 2 is 2.15 bits per heavy atom. The first-order valence-electron chi connectivity index (χ1n) is 10.4. The van der Waals surface area contributed by atoms with Gasteiger partial charge in [-0.3, -0.25) is 14.6 Å². The molecule has 2 N–H and O–H groups in total. The molecule has 0 radical (unpaired) electrons. The summed E-state index contributed by atoms with van der Waals surface area (Å²) >= 11 is 9.24. The van der Waals surface area contributed by atoms with Crippen molar-refractivity contribution in [3.05, 3.63) is 80.7 Å². The zero-order chi connectivity index (χ0) is 23.9. The summed E-state index contributed by atoms with van der Waals surface area (Å²) in [4.78, 5) is 26.7. The molecule has 2 amide bonds. The van der Waals surface area contributed by atoms with Gasteiger partial charge in [0.15, 0.2) is 0 Å². The van der Waals surface area contributed by atoms with Crippen LogP contribution in [0.15, 0.2) is 58.8 Å². The number of carbonyl (C=O) groups is 2. The van der Waals surface area contributed by atoms with Crippen LogP contribution in [0.1, 0.15) is 30.9 Å². The summed E-state index contributed by atoms with van der Waals surface area (Å²) in [7, 11) is 0. The number of anilines is 1. The molecule has 1 saturated heterocycles. The van der Waals surface area contributed by atoms with E-state index in [-0.39, 0.29) is 28.0 Å². The molecule has 1 unspecified atom stereocenters. The fourth-order valence-corrected chi connectivity index (χ4v) is 4.98.